The van der Waals surface area contributed by atoms with Crippen LogP contribution in [0.5, 0.6) is 0 Å². The minimum atomic E-state index is -0.575. The molecule has 1 aliphatic heterocycles. The summed E-state index contributed by atoms with van der Waals surface area (Å²) in [6.45, 7) is 2.13. The number of hydrogen-bond donors (Lipinski definition) is 0. The molecular formula is C12H18O3S2. The molecule has 0 N–H and O–H groups in total. The maximum Gasteiger partial charge on any atom is 0.326 e. The highest BCUT2D eigenvalue weighted by Gasteiger charge is 2.45. The zero-order chi connectivity index (χ0) is 12.3. The topological polar surface area (TPSA) is 43.4 Å². The van der Waals surface area contributed by atoms with E-state index in [1.165, 1.54) is 19.3 Å². The molecule has 2 aliphatic rings. The second-order valence-electron chi connectivity index (χ2n) is 4.48. The third-order valence-electron chi connectivity index (χ3n) is 3.22. The van der Waals surface area contributed by atoms with Crippen LogP contribution in [0.2, 0.25) is 0 Å². The Bertz CT molecular complexity index is 311. The minimum absolute atomic E-state index is 0.0228. The van der Waals surface area contributed by atoms with Crippen molar-refractivity contribution in [3.05, 3.63) is 0 Å². The zero-order valence-corrected chi connectivity index (χ0v) is 11.7. The van der Waals surface area contributed by atoms with Crippen LogP contribution >= 0.6 is 23.5 Å². The predicted molar refractivity (Wildman–Crippen MR) is 71.3 cm³/mol. The Kier molecular flexibility index (Phi) is 4.42. The Balaban J connectivity index is 2.05. The van der Waals surface area contributed by atoms with Crippen LogP contribution in [-0.4, -0.2) is 33.4 Å². The van der Waals surface area contributed by atoms with E-state index in [4.69, 9.17) is 4.74 Å². The number of esters is 1. The summed E-state index contributed by atoms with van der Waals surface area (Å²) in [5, 5.41) is -0.575. The molecule has 1 atom stereocenters. The summed E-state index contributed by atoms with van der Waals surface area (Å²) in [6.07, 6.45) is 5.94. The first-order chi connectivity index (χ1) is 8.17. The number of carbonyl (C=O) groups excluding carboxylic acids is 2. The third kappa shape index (κ3) is 2.99. The molecule has 5 heteroatoms. The number of ketones is 1. The average molecular weight is 274 g/mol. The van der Waals surface area contributed by atoms with Crippen molar-refractivity contribution in [1.82, 2.24) is 0 Å². The molecule has 96 valence electrons. The average Bonchev–Trinajstić information content (AvgIpc) is 2.34. The van der Waals surface area contributed by atoms with E-state index in [-0.39, 0.29) is 15.8 Å². The molecule has 1 spiro atoms. The van der Waals surface area contributed by atoms with Gasteiger partial charge in [-0.05, 0) is 19.8 Å². The Labute approximate surface area is 110 Å². The summed E-state index contributed by atoms with van der Waals surface area (Å²) in [7, 11) is 0. The number of rotatable bonds is 2. The molecule has 1 saturated heterocycles. The maximum absolute atomic E-state index is 11.8. The molecule has 3 nitrogen and oxygen atoms in total. The van der Waals surface area contributed by atoms with Crippen molar-refractivity contribution < 1.29 is 14.3 Å². The standard InChI is InChI=1S/C12H18O3S2/c1-2-15-11(14)10-9(13)8-16-12(17-10)6-4-3-5-7-12/h10H,2-8H2,1H3. The largest absolute Gasteiger partial charge is 0.465 e. The van der Waals surface area contributed by atoms with E-state index < -0.39 is 5.25 Å². The van der Waals surface area contributed by atoms with E-state index in [2.05, 4.69) is 0 Å². The van der Waals surface area contributed by atoms with E-state index in [0.717, 1.165) is 12.8 Å². The second kappa shape index (κ2) is 5.65. The molecule has 1 heterocycles. The summed E-state index contributed by atoms with van der Waals surface area (Å²) in [5.41, 5.74) is 0. The van der Waals surface area contributed by atoms with Crippen LogP contribution in [0.25, 0.3) is 0 Å². The monoisotopic (exact) mass is 274 g/mol. The lowest BCUT2D eigenvalue weighted by Crippen LogP contribution is -2.41. The molecule has 1 unspecified atom stereocenters. The fourth-order valence-corrected chi connectivity index (χ4v) is 5.67. The van der Waals surface area contributed by atoms with Gasteiger partial charge < -0.3 is 4.74 Å². The summed E-state index contributed by atoms with van der Waals surface area (Å²) < 4.78 is 5.10. The summed E-state index contributed by atoms with van der Waals surface area (Å²) >= 11 is 3.29. The molecule has 0 radical (unpaired) electrons. The van der Waals surface area contributed by atoms with Gasteiger partial charge in [-0.25, -0.2) is 0 Å². The quantitative estimate of drug-likeness (QED) is 0.572. The van der Waals surface area contributed by atoms with Crippen LogP contribution in [0, 0.1) is 0 Å². The smallest absolute Gasteiger partial charge is 0.326 e. The van der Waals surface area contributed by atoms with Crippen molar-refractivity contribution in [3.63, 3.8) is 0 Å². The number of thioether (sulfide) groups is 2. The van der Waals surface area contributed by atoms with Crippen molar-refractivity contribution in [2.45, 2.75) is 48.4 Å². The summed E-state index contributed by atoms with van der Waals surface area (Å²) in [5.74, 6) is 0.152. The van der Waals surface area contributed by atoms with Crippen molar-refractivity contribution in [3.8, 4) is 0 Å². The zero-order valence-electron chi connectivity index (χ0n) is 10.1. The second-order valence-corrected chi connectivity index (χ2v) is 7.58. The van der Waals surface area contributed by atoms with Crippen molar-refractivity contribution in [2.24, 2.45) is 0 Å². The number of ether oxygens (including phenoxy) is 1. The van der Waals surface area contributed by atoms with Crippen LogP contribution in [-0.2, 0) is 14.3 Å². The first-order valence-corrected chi connectivity index (χ1v) is 8.04. The Hall–Kier alpha value is -0.160. The van der Waals surface area contributed by atoms with Gasteiger partial charge in [-0.3, -0.25) is 9.59 Å². The van der Waals surface area contributed by atoms with Gasteiger partial charge in [0.1, 0.15) is 0 Å². The lowest BCUT2D eigenvalue weighted by Gasteiger charge is -2.40. The molecule has 0 bridgehead atoms. The fraction of sp³-hybridized carbons (Fsp3) is 0.833. The molecular weight excluding hydrogens is 256 g/mol. The van der Waals surface area contributed by atoms with Gasteiger partial charge in [0.25, 0.3) is 0 Å². The molecule has 17 heavy (non-hydrogen) atoms. The van der Waals surface area contributed by atoms with E-state index in [1.807, 2.05) is 0 Å². The Morgan fingerprint density at radius 1 is 1.41 bits per heavy atom. The van der Waals surface area contributed by atoms with Crippen molar-refractivity contribution >= 4 is 35.3 Å². The lowest BCUT2D eigenvalue weighted by molar-refractivity contribution is -0.144. The van der Waals surface area contributed by atoms with Crippen molar-refractivity contribution in [2.75, 3.05) is 12.4 Å². The highest BCUT2D eigenvalue weighted by molar-refractivity contribution is 8.20. The highest BCUT2D eigenvalue weighted by Crippen LogP contribution is 2.53. The minimum Gasteiger partial charge on any atom is -0.465 e. The molecule has 0 aromatic heterocycles. The Morgan fingerprint density at radius 3 is 2.76 bits per heavy atom. The molecule has 0 aromatic rings. The van der Waals surface area contributed by atoms with Gasteiger partial charge in [0.05, 0.1) is 16.4 Å². The fourth-order valence-electron chi connectivity index (χ4n) is 2.34. The van der Waals surface area contributed by atoms with Gasteiger partial charge in [-0.1, -0.05) is 19.3 Å². The Morgan fingerprint density at radius 2 is 2.12 bits per heavy atom. The first-order valence-electron chi connectivity index (χ1n) is 6.18. The summed E-state index contributed by atoms with van der Waals surface area (Å²) in [4.78, 5) is 23.6. The predicted octanol–water partition coefficient (Wildman–Crippen LogP) is 2.63. The normalized spacial score (nSPS) is 28.1. The molecule has 2 fully saturated rings. The molecule has 2 rings (SSSR count). The van der Waals surface area contributed by atoms with Gasteiger partial charge in [-0.2, -0.15) is 0 Å². The van der Waals surface area contributed by atoms with Crippen LogP contribution in [0.1, 0.15) is 39.0 Å². The van der Waals surface area contributed by atoms with Crippen molar-refractivity contribution in [1.29, 1.82) is 0 Å². The van der Waals surface area contributed by atoms with E-state index in [1.54, 1.807) is 30.4 Å². The van der Waals surface area contributed by atoms with Crippen LogP contribution in [0.15, 0.2) is 0 Å². The maximum atomic E-state index is 11.8. The third-order valence-corrected chi connectivity index (χ3v) is 6.75. The van der Waals surface area contributed by atoms with Crippen LogP contribution < -0.4 is 0 Å². The van der Waals surface area contributed by atoms with E-state index >= 15 is 0 Å². The summed E-state index contributed by atoms with van der Waals surface area (Å²) in [6, 6.07) is 0. The number of Topliss-reactive ketones (excluding diaryl/α,β-unsaturated/α-hetero) is 1. The molecule has 0 aromatic carbocycles. The van der Waals surface area contributed by atoms with E-state index in [0.29, 0.717) is 12.4 Å². The van der Waals surface area contributed by atoms with Gasteiger partial charge in [0.15, 0.2) is 11.0 Å². The SMILES string of the molecule is CCOC(=O)C1SC2(CCCCC2)SCC1=O. The molecule has 1 aliphatic carbocycles. The van der Waals surface area contributed by atoms with Crippen LogP contribution in [0.3, 0.4) is 0 Å². The molecule has 0 amide bonds. The number of hydrogen-bond acceptors (Lipinski definition) is 5. The van der Waals surface area contributed by atoms with Gasteiger partial charge in [0, 0.05) is 0 Å². The number of carbonyl (C=O) groups is 2. The van der Waals surface area contributed by atoms with Gasteiger partial charge in [-0.15, -0.1) is 23.5 Å². The molecule has 1 saturated carbocycles. The van der Waals surface area contributed by atoms with Gasteiger partial charge in [0.2, 0.25) is 0 Å². The van der Waals surface area contributed by atoms with Gasteiger partial charge >= 0.3 is 5.97 Å². The lowest BCUT2D eigenvalue weighted by atomic mass is 10.00. The van der Waals surface area contributed by atoms with E-state index in [9.17, 15) is 9.59 Å². The first kappa shape index (κ1) is 13.3. The highest BCUT2D eigenvalue weighted by atomic mass is 32.2. The van der Waals surface area contributed by atoms with Crippen LogP contribution in [0.4, 0.5) is 0 Å².